The number of benzene rings is 11. The van der Waals surface area contributed by atoms with Crippen LogP contribution >= 0.6 is 0 Å². The summed E-state index contributed by atoms with van der Waals surface area (Å²) in [5.41, 5.74) is 18.4. The highest BCUT2D eigenvalue weighted by atomic mass is 15.1. The van der Waals surface area contributed by atoms with Gasteiger partial charge in [-0.05, 0) is 104 Å². The van der Waals surface area contributed by atoms with E-state index in [2.05, 4.69) is 276 Å². The lowest BCUT2D eigenvalue weighted by Crippen LogP contribution is -2.12. The molecule has 66 heavy (non-hydrogen) atoms. The van der Waals surface area contributed by atoms with Gasteiger partial charge in [0.25, 0.3) is 0 Å². The minimum absolute atomic E-state index is 1.06. The normalized spacial score (nSPS) is 11.3. The van der Waals surface area contributed by atoms with Gasteiger partial charge in [-0.25, -0.2) is 0 Å². The molecule has 0 aliphatic rings. The minimum atomic E-state index is 1.06. The first-order valence-corrected chi connectivity index (χ1v) is 22.7. The molecule has 11 aromatic carbocycles. The highest BCUT2D eigenvalue weighted by molar-refractivity contribution is 6.12. The summed E-state index contributed by atoms with van der Waals surface area (Å²) in [7, 11) is 0. The van der Waals surface area contributed by atoms with Crippen LogP contribution in [0.2, 0.25) is 0 Å². The minimum Gasteiger partial charge on any atom is -0.310 e. The molecule has 0 saturated heterocycles. The summed E-state index contributed by atoms with van der Waals surface area (Å²) in [4.78, 5) is 2.46. The van der Waals surface area contributed by atoms with E-state index in [0.29, 0.717) is 0 Å². The summed E-state index contributed by atoms with van der Waals surface area (Å²) in [6, 6.07) is 97.1. The van der Waals surface area contributed by atoms with Gasteiger partial charge in [-0.3, -0.25) is 0 Å². The van der Waals surface area contributed by atoms with Crippen molar-refractivity contribution in [3.05, 3.63) is 267 Å². The number of anilines is 3. The van der Waals surface area contributed by atoms with Crippen molar-refractivity contribution in [2.45, 2.75) is 0 Å². The van der Waals surface area contributed by atoms with Gasteiger partial charge in [0.05, 0.1) is 22.4 Å². The Morgan fingerprint density at radius 1 is 0.258 bits per heavy atom. The average molecular weight is 841 g/mol. The molecule has 0 aliphatic carbocycles. The molecular weight excluding hydrogens is 797 g/mol. The van der Waals surface area contributed by atoms with Gasteiger partial charge >= 0.3 is 0 Å². The van der Waals surface area contributed by atoms with Gasteiger partial charge in [0.2, 0.25) is 0 Å². The standard InChI is InChI=1S/C64H44N2/c1-5-21-45(22-6-1)53-31-15-16-33-55(53)50-37-39-58(56-34-18-17-32-54(56)46-23-7-2-8-24-46)62(43-50)65(51-29-11-4-12-30-51)52-38-40-59-57-35-19-20-36-61(57)66(64(59)44-52)63-42-49-28-14-13-27-48(49)41-60(63)47-25-9-3-10-26-47/h1-44H. The van der Waals surface area contributed by atoms with Gasteiger partial charge in [0.15, 0.2) is 0 Å². The molecule has 12 aromatic rings. The first-order chi connectivity index (χ1) is 32.8. The van der Waals surface area contributed by atoms with E-state index in [1.165, 1.54) is 71.6 Å². The molecule has 0 aliphatic heterocycles. The Balaban J connectivity index is 1.15. The van der Waals surface area contributed by atoms with E-state index in [9.17, 15) is 0 Å². The van der Waals surface area contributed by atoms with Crippen LogP contribution in [0.3, 0.4) is 0 Å². The molecule has 310 valence electrons. The summed E-state index contributed by atoms with van der Waals surface area (Å²) in [5, 5.41) is 4.84. The molecule has 0 bridgehead atoms. The zero-order valence-corrected chi connectivity index (χ0v) is 36.3. The highest BCUT2D eigenvalue weighted by Gasteiger charge is 2.24. The third-order valence-corrected chi connectivity index (χ3v) is 13.0. The lowest BCUT2D eigenvalue weighted by atomic mass is 9.89. The third-order valence-electron chi connectivity index (χ3n) is 13.0. The number of rotatable bonds is 9. The van der Waals surface area contributed by atoms with E-state index >= 15 is 0 Å². The van der Waals surface area contributed by atoms with Crippen LogP contribution in [0.1, 0.15) is 0 Å². The molecular formula is C64H44N2. The van der Waals surface area contributed by atoms with Crippen molar-refractivity contribution >= 4 is 49.6 Å². The quantitative estimate of drug-likeness (QED) is 0.141. The Hall–Kier alpha value is -8.72. The predicted octanol–water partition coefficient (Wildman–Crippen LogP) is 17.7. The van der Waals surface area contributed by atoms with Crippen molar-refractivity contribution in [3.8, 4) is 61.3 Å². The van der Waals surface area contributed by atoms with Crippen molar-refractivity contribution in [2.75, 3.05) is 4.90 Å². The molecule has 0 amide bonds. The van der Waals surface area contributed by atoms with Crippen LogP contribution in [0.25, 0.3) is 93.9 Å². The molecule has 0 spiro atoms. The Morgan fingerprint density at radius 2 is 0.742 bits per heavy atom. The van der Waals surface area contributed by atoms with Crippen LogP contribution < -0.4 is 4.90 Å². The van der Waals surface area contributed by atoms with E-state index in [1.807, 2.05) is 0 Å². The topological polar surface area (TPSA) is 8.17 Å². The molecule has 2 nitrogen and oxygen atoms in total. The average Bonchev–Trinajstić information content (AvgIpc) is 3.73. The lowest BCUT2D eigenvalue weighted by Gasteiger charge is -2.29. The number of nitrogens with zero attached hydrogens (tertiary/aromatic N) is 2. The van der Waals surface area contributed by atoms with E-state index in [4.69, 9.17) is 0 Å². The fraction of sp³-hybridized carbons (Fsp3) is 0. The second-order valence-electron chi connectivity index (χ2n) is 16.9. The molecule has 0 atom stereocenters. The maximum absolute atomic E-state index is 2.49. The summed E-state index contributed by atoms with van der Waals surface area (Å²) in [5.74, 6) is 0. The number of fused-ring (bicyclic) bond motifs is 4. The van der Waals surface area contributed by atoms with E-state index in [0.717, 1.165) is 39.4 Å². The third kappa shape index (κ3) is 6.93. The fourth-order valence-corrected chi connectivity index (χ4v) is 9.93. The van der Waals surface area contributed by atoms with Crippen LogP contribution in [-0.2, 0) is 0 Å². The van der Waals surface area contributed by atoms with Crippen molar-refractivity contribution in [2.24, 2.45) is 0 Å². The molecule has 1 aromatic heterocycles. The summed E-state index contributed by atoms with van der Waals surface area (Å²) in [6.07, 6.45) is 0. The van der Waals surface area contributed by atoms with Gasteiger partial charge in [0.1, 0.15) is 0 Å². The molecule has 2 heteroatoms. The maximum atomic E-state index is 2.49. The Labute approximate surface area is 385 Å². The summed E-state index contributed by atoms with van der Waals surface area (Å²) in [6.45, 7) is 0. The van der Waals surface area contributed by atoms with Gasteiger partial charge in [-0.2, -0.15) is 0 Å². The van der Waals surface area contributed by atoms with Crippen LogP contribution in [0.15, 0.2) is 267 Å². The van der Waals surface area contributed by atoms with E-state index in [1.54, 1.807) is 0 Å². The van der Waals surface area contributed by atoms with Crippen LogP contribution in [0.5, 0.6) is 0 Å². The smallest absolute Gasteiger partial charge is 0.0562 e. The van der Waals surface area contributed by atoms with Crippen LogP contribution in [0.4, 0.5) is 17.1 Å². The summed E-state index contributed by atoms with van der Waals surface area (Å²) < 4.78 is 2.49. The van der Waals surface area contributed by atoms with Crippen molar-refractivity contribution in [3.63, 3.8) is 0 Å². The fourth-order valence-electron chi connectivity index (χ4n) is 9.93. The van der Waals surface area contributed by atoms with Crippen molar-refractivity contribution in [1.29, 1.82) is 0 Å². The zero-order valence-electron chi connectivity index (χ0n) is 36.3. The highest BCUT2D eigenvalue weighted by Crippen LogP contribution is 2.48. The number of hydrogen-bond donors (Lipinski definition) is 0. The van der Waals surface area contributed by atoms with Gasteiger partial charge in [0, 0.05) is 33.3 Å². The van der Waals surface area contributed by atoms with Crippen LogP contribution in [0, 0.1) is 0 Å². The zero-order chi connectivity index (χ0) is 43.8. The summed E-state index contributed by atoms with van der Waals surface area (Å²) >= 11 is 0. The SMILES string of the molecule is c1ccc(-c2ccccc2-c2ccc(-c3ccccc3-c3ccccc3)c(N(c3ccccc3)c3ccc4c5ccccc5n(-c5cc6ccccc6cc5-c5ccccc5)c4c3)c2)cc1. The van der Waals surface area contributed by atoms with Crippen molar-refractivity contribution in [1.82, 2.24) is 4.57 Å². The second-order valence-corrected chi connectivity index (χ2v) is 16.9. The Morgan fingerprint density at radius 3 is 1.39 bits per heavy atom. The number of hydrogen-bond acceptors (Lipinski definition) is 1. The Kier molecular flexibility index (Phi) is 9.89. The lowest BCUT2D eigenvalue weighted by molar-refractivity contribution is 1.18. The molecule has 0 N–H and O–H groups in total. The first kappa shape index (κ1) is 38.9. The Bertz CT molecular complexity index is 3680. The molecule has 0 unspecified atom stereocenters. The largest absolute Gasteiger partial charge is 0.310 e. The number of para-hydroxylation sites is 2. The molecule has 1 heterocycles. The van der Waals surface area contributed by atoms with Crippen LogP contribution in [-0.4, -0.2) is 4.57 Å². The van der Waals surface area contributed by atoms with E-state index in [-0.39, 0.29) is 0 Å². The first-order valence-electron chi connectivity index (χ1n) is 22.7. The molecule has 0 fully saturated rings. The van der Waals surface area contributed by atoms with Gasteiger partial charge < -0.3 is 9.47 Å². The van der Waals surface area contributed by atoms with Gasteiger partial charge in [-0.1, -0.05) is 218 Å². The number of aromatic nitrogens is 1. The van der Waals surface area contributed by atoms with Gasteiger partial charge in [-0.15, -0.1) is 0 Å². The molecule has 0 radical (unpaired) electrons. The van der Waals surface area contributed by atoms with Crippen molar-refractivity contribution < 1.29 is 0 Å². The molecule has 0 saturated carbocycles. The predicted molar refractivity (Wildman–Crippen MR) is 280 cm³/mol. The maximum Gasteiger partial charge on any atom is 0.0562 e. The van der Waals surface area contributed by atoms with E-state index < -0.39 is 0 Å². The molecule has 12 rings (SSSR count). The monoisotopic (exact) mass is 840 g/mol. The second kappa shape index (κ2) is 16.8.